The van der Waals surface area contributed by atoms with E-state index < -0.39 is 0 Å². The highest BCUT2D eigenvalue weighted by Gasteiger charge is 2.52. The summed E-state index contributed by atoms with van der Waals surface area (Å²) in [6, 6.07) is 31.9. The van der Waals surface area contributed by atoms with Crippen LogP contribution in [0.4, 0.5) is 0 Å². The Kier molecular flexibility index (Phi) is 7.35. The van der Waals surface area contributed by atoms with Crippen molar-refractivity contribution in [3.05, 3.63) is 96.1 Å². The molecule has 2 aliphatic rings. The van der Waals surface area contributed by atoms with Gasteiger partial charge in [0.25, 0.3) is 0 Å². The smallest absolute Gasteiger partial charge is 0.380 e. The zero-order valence-electron chi connectivity index (χ0n) is 22.3. The molecule has 0 amide bonds. The van der Waals surface area contributed by atoms with E-state index in [0.29, 0.717) is 12.0 Å². The van der Waals surface area contributed by atoms with Crippen molar-refractivity contribution in [1.29, 1.82) is 0 Å². The molecular formula is C34H40BNO. The van der Waals surface area contributed by atoms with Gasteiger partial charge in [-0.2, -0.15) is 0 Å². The van der Waals surface area contributed by atoms with Crippen molar-refractivity contribution in [3.8, 4) is 0 Å². The summed E-state index contributed by atoms with van der Waals surface area (Å²) in [6.07, 6.45) is 12.1. The number of hydrogen-bond acceptors (Lipinski definition) is 2. The van der Waals surface area contributed by atoms with Gasteiger partial charge < -0.3 is 9.88 Å². The van der Waals surface area contributed by atoms with Crippen LogP contribution in [0.15, 0.2) is 84.9 Å². The standard InChI is InChI=1S/C34H40BNO/c1-2-3-21-35-36-33(30-13-5-4-6-14-30)34(37-35,24-26-17-19-28-11-7-9-15-31(28)22-26)25-27-18-20-29-12-8-10-16-32(29)23-27/h7-12,15-20,22-23,30,33,36H,2-6,13-14,21,24-25H2,1H3/t33-/m1/s1. The fourth-order valence-electron chi connectivity index (χ4n) is 7.06. The molecule has 0 radical (unpaired) electrons. The maximum Gasteiger partial charge on any atom is 0.380 e. The van der Waals surface area contributed by atoms with Gasteiger partial charge in [0.05, 0.1) is 5.60 Å². The van der Waals surface area contributed by atoms with Crippen LogP contribution in [-0.2, 0) is 17.5 Å². The van der Waals surface area contributed by atoms with Gasteiger partial charge in [0.1, 0.15) is 0 Å². The van der Waals surface area contributed by atoms with Crippen molar-refractivity contribution in [2.45, 2.75) is 82.7 Å². The summed E-state index contributed by atoms with van der Waals surface area (Å²) >= 11 is 0. The quantitative estimate of drug-likeness (QED) is 0.251. The van der Waals surface area contributed by atoms with Crippen LogP contribution in [-0.4, -0.2) is 18.7 Å². The first-order chi connectivity index (χ1) is 18.2. The van der Waals surface area contributed by atoms with Crippen molar-refractivity contribution >= 4 is 28.6 Å². The van der Waals surface area contributed by atoms with E-state index in [0.717, 1.165) is 19.2 Å². The Labute approximate surface area is 222 Å². The number of hydrogen-bond donors (Lipinski definition) is 1. The number of benzene rings is 4. The maximum atomic E-state index is 7.24. The zero-order chi connectivity index (χ0) is 25.1. The third-order valence-electron chi connectivity index (χ3n) is 8.88. The Balaban J connectivity index is 1.40. The Hall–Kier alpha value is -2.62. The molecular weight excluding hydrogens is 449 g/mol. The molecule has 4 aromatic carbocycles. The fourth-order valence-corrected chi connectivity index (χ4v) is 7.06. The highest BCUT2D eigenvalue weighted by molar-refractivity contribution is 6.50. The Morgan fingerprint density at radius 3 is 1.89 bits per heavy atom. The van der Waals surface area contributed by atoms with Crippen molar-refractivity contribution in [1.82, 2.24) is 5.23 Å². The molecule has 3 heteroatoms. The monoisotopic (exact) mass is 489 g/mol. The van der Waals surface area contributed by atoms with Crippen LogP contribution >= 0.6 is 0 Å². The maximum absolute atomic E-state index is 7.24. The number of unbranched alkanes of at least 4 members (excludes halogenated alkanes) is 1. The number of fused-ring (bicyclic) bond motifs is 2. The lowest BCUT2D eigenvalue weighted by Gasteiger charge is -2.41. The lowest BCUT2D eigenvalue weighted by molar-refractivity contribution is 0.0403. The van der Waals surface area contributed by atoms with E-state index in [4.69, 9.17) is 4.65 Å². The van der Waals surface area contributed by atoms with Gasteiger partial charge in [-0.3, -0.25) is 0 Å². The molecule has 190 valence electrons. The van der Waals surface area contributed by atoms with Crippen LogP contribution in [0.5, 0.6) is 0 Å². The highest BCUT2D eigenvalue weighted by atomic mass is 16.5. The molecule has 4 aromatic rings. The summed E-state index contributed by atoms with van der Waals surface area (Å²) < 4.78 is 7.24. The summed E-state index contributed by atoms with van der Waals surface area (Å²) in [5.41, 5.74) is 2.53. The third-order valence-corrected chi connectivity index (χ3v) is 8.88. The first-order valence-corrected chi connectivity index (χ1v) is 14.6. The van der Waals surface area contributed by atoms with E-state index in [1.807, 2.05) is 0 Å². The second-order valence-electron chi connectivity index (χ2n) is 11.6. The van der Waals surface area contributed by atoms with Crippen LogP contribution in [0.2, 0.25) is 6.32 Å². The summed E-state index contributed by atoms with van der Waals surface area (Å²) in [5.74, 6) is 0.682. The van der Waals surface area contributed by atoms with Crippen molar-refractivity contribution in [3.63, 3.8) is 0 Å². The van der Waals surface area contributed by atoms with Crippen molar-refractivity contribution < 1.29 is 4.65 Å². The average molecular weight is 490 g/mol. The minimum atomic E-state index is -0.245. The van der Waals surface area contributed by atoms with Gasteiger partial charge >= 0.3 is 7.05 Å². The molecule has 1 aliphatic carbocycles. The lowest BCUT2D eigenvalue weighted by atomic mass is 9.71. The van der Waals surface area contributed by atoms with Crippen LogP contribution < -0.4 is 5.23 Å². The Bertz CT molecular complexity index is 1260. The molecule has 2 nitrogen and oxygen atoms in total. The molecule has 37 heavy (non-hydrogen) atoms. The lowest BCUT2D eigenvalue weighted by Crippen LogP contribution is -2.52. The van der Waals surface area contributed by atoms with E-state index >= 15 is 0 Å². The van der Waals surface area contributed by atoms with Gasteiger partial charge in [-0.05, 0) is 57.8 Å². The van der Waals surface area contributed by atoms with Crippen molar-refractivity contribution in [2.75, 3.05) is 0 Å². The van der Waals surface area contributed by atoms with Gasteiger partial charge in [-0.1, -0.05) is 124 Å². The average Bonchev–Trinajstić information content (AvgIpc) is 3.29. The molecule has 6 rings (SSSR count). The molecule has 1 N–H and O–H groups in total. The predicted molar refractivity (Wildman–Crippen MR) is 158 cm³/mol. The van der Waals surface area contributed by atoms with Crippen LogP contribution in [0, 0.1) is 5.92 Å². The zero-order valence-corrected chi connectivity index (χ0v) is 22.3. The molecule has 0 aromatic heterocycles. The summed E-state index contributed by atoms with van der Waals surface area (Å²) in [4.78, 5) is 0. The van der Waals surface area contributed by atoms with Gasteiger partial charge in [0, 0.05) is 18.9 Å². The minimum absolute atomic E-state index is 0.146. The normalized spacial score (nSPS) is 20.1. The van der Waals surface area contributed by atoms with E-state index in [2.05, 4.69) is 97.1 Å². The summed E-state index contributed by atoms with van der Waals surface area (Å²) in [7, 11) is 0.146. The Morgan fingerprint density at radius 1 is 0.757 bits per heavy atom. The van der Waals surface area contributed by atoms with Crippen LogP contribution in [0.3, 0.4) is 0 Å². The minimum Gasteiger partial charge on any atom is -0.414 e. The number of rotatable bonds is 8. The molecule has 1 heterocycles. The van der Waals surface area contributed by atoms with Gasteiger partial charge in [0.2, 0.25) is 0 Å². The van der Waals surface area contributed by atoms with Crippen LogP contribution in [0.1, 0.15) is 63.0 Å². The van der Waals surface area contributed by atoms with Crippen LogP contribution in [0.25, 0.3) is 21.5 Å². The first-order valence-electron chi connectivity index (χ1n) is 14.6. The van der Waals surface area contributed by atoms with E-state index in [1.165, 1.54) is 77.6 Å². The third kappa shape index (κ3) is 5.35. The fraction of sp³-hybridized carbons (Fsp3) is 0.412. The highest BCUT2D eigenvalue weighted by Crippen LogP contribution is 2.41. The molecule has 2 fully saturated rings. The predicted octanol–water partition coefficient (Wildman–Crippen LogP) is 8.37. The van der Waals surface area contributed by atoms with E-state index in [-0.39, 0.29) is 12.7 Å². The SMILES string of the molecule is CCCCB1N[C@H](C2CCCCC2)C(Cc2ccc3ccccc3c2)(Cc2ccc3ccccc3c2)O1. The largest absolute Gasteiger partial charge is 0.414 e. The second kappa shape index (κ2) is 11.0. The molecule has 1 aliphatic heterocycles. The molecule has 1 atom stereocenters. The first kappa shape index (κ1) is 24.7. The van der Waals surface area contributed by atoms with Gasteiger partial charge in [0.15, 0.2) is 0 Å². The van der Waals surface area contributed by atoms with E-state index in [9.17, 15) is 0 Å². The summed E-state index contributed by atoms with van der Waals surface area (Å²) in [6.45, 7) is 2.28. The Morgan fingerprint density at radius 2 is 1.32 bits per heavy atom. The van der Waals surface area contributed by atoms with E-state index in [1.54, 1.807) is 0 Å². The van der Waals surface area contributed by atoms with Crippen molar-refractivity contribution in [2.24, 2.45) is 5.92 Å². The van der Waals surface area contributed by atoms with Gasteiger partial charge in [-0.15, -0.1) is 0 Å². The second-order valence-corrected chi connectivity index (χ2v) is 11.6. The molecule has 0 spiro atoms. The molecule has 1 saturated heterocycles. The molecule has 0 unspecified atom stereocenters. The summed E-state index contributed by atoms with van der Waals surface area (Å²) in [5, 5.41) is 9.34. The number of nitrogens with one attached hydrogen (secondary N) is 1. The molecule has 0 bridgehead atoms. The topological polar surface area (TPSA) is 21.3 Å². The van der Waals surface area contributed by atoms with Gasteiger partial charge in [-0.25, -0.2) is 0 Å². The molecule has 1 saturated carbocycles.